The molecule has 0 aliphatic heterocycles. The van der Waals surface area contributed by atoms with Gasteiger partial charge in [-0.3, -0.25) is 0 Å². The summed E-state index contributed by atoms with van der Waals surface area (Å²) in [4.78, 5) is 0.350. The molecule has 0 saturated heterocycles. The maximum Gasteiger partial charge on any atom is 0.240 e. The van der Waals surface area contributed by atoms with Crippen molar-refractivity contribution < 1.29 is 8.42 Å². The van der Waals surface area contributed by atoms with E-state index in [1.807, 2.05) is 23.8 Å². The Bertz CT molecular complexity index is 724. The van der Waals surface area contributed by atoms with Gasteiger partial charge in [-0.2, -0.15) is 11.3 Å². The van der Waals surface area contributed by atoms with E-state index in [4.69, 9.17) is 18.0 Å². The van der Waals surface area contributed by atoms with Gasteiger partial charge in [0, 0.05) is 11.6 Å². The second-order valence-corrected chi connectivity index (χ2v) is 7.68. The maximum absolute atomic E-state index is 12.4. The lowest BCUT2D eigenvalue weighted by Gasteiger charge is -2.14. The minimum Gasteiger partial charge on any atom is -0.389 e. The number of nitrogens with one attached hydrogen (secondary N) is 1. The topological polar surface area (TPSA) is 72.2 Å². The van der Waals surface area contributed by atoms with Gasteiger partial charge in [-0.05, 0) is 47.9 Å². The van der Waals surface area contributed by atoms with Gasteiger partial charge in [-0.1, -0.05) is 24.4 Å². The van der Waals surface area contributed by atoms with Crippen molar-refractivity contribution in [1.82, 2.24) is 4.72 Å². The Morgan fingerprint density at radius 2 is 2.19 bits per heavy atom. The van der Waals surface area contributed by atoms with Gasteiger partial charge in [0.05, 0.1) is 4.90 Å². The number of hydrogen-bond acceptors (Lipinski definition) is 4. The third kappa shape index (κ3) is 4.34. The van der Waals surface area contributed by atoms with Gasteiger partial charge < -0.3 is 5.73 Å². The zero-order chi connectivity index (χ0) is 15.5. The number of benzene rings is 1. The second-order valence-electron chi connectivity index (χ2n) is 4.75. The van der Waals surface area contributed by atoms with Crippen LogP contribution in [0.2, 0.25) is 0 Å². The van der Waals surface area contributed by atoms with Gasteiger partial charge in [-0.25, -0.2) is 13.1 Å². The van der Waals surface area contributed by atoms with Crippen LogP contribution in [-0.2, 0) is 16.4 Å². The van der Waals surface area contributed by atoms with E-state index in [-0.39, 0.29) is 15.9 Å². The summed E-state index contributed by atoms with van der Waals surface area (Å²) < 4.78 is 27.4. The molecule has 0 radical (unpaired) electrons. The second kappa shape index (κ2) is 6.65. The molecule has 0 amide bonds. The molecule has 21 heavy (non-hydrogen) atoms. The van der Waals surface area contributed by atoms with Gasteiger partial charge in [0.25, 0.3) is 0 Å². The summed E-state index contributed by atoms with van der Waals surface area (Å²) in [5.74, 6) is 0. The van der Waals surface area contributed by atoms with Crippen molar-refractivity contribution in [1.29, 1.82) is 0 Å². The van der Waals surface area contributed by atoms with Gasteiger partial charge in [0.2, 0.25) is 10.0 Å². The zero-order valence-corrected chi connectivity index (χ0v) is 13.9. The first-order chi connectivity index (χ1) is 9.88. The Morgan fingerprint density at radius 3 is 2.81 bits per heavy atom. The van der Waals surface area contributed by atoms with Crippen molar-refractivity contribution in [2.45, 2.75) is 24.3 Å². The Hall–Kier alpha value is -1.28. The lowest BCUT2D eigenvalue weighted by molar-refractivity contribution is 0.560. The number of nitrogens with two attached hydrogens (primary N) is 1. The lowest BCUT2D eigenvalue weighted by Crippen LogP contribution is -2.34. The highest BCUT2D eigenvalue weighted by molar-refractivity contribution is 7.89. The monoisotopic (exact) mass is 340 g/mol. The van der Waals surface area contributed by atoms with Crippen LogP contribution in [0.25, 0.3) is 0 Å². The van der Waals surface area contributed by atoms with Crippen LogP contribution in [0.5, 0.6) is 0 Å². The third-order valence-electron chi connectivity index (χ3n) is 2.91. The molecule has 0 fully saturated rings. The molecule has 7 heteroatoms. The van der Waals surface area contributed by atoms with Crippen molar-refractivity contribution in [3.8, 4) is 0 Å². The molecule has 1 atom stereocenters. The van der Waals surface area contributed by atoms with E-state index in [1.54, 1.807) is 23.5 Å². The van der Waals surface area contributed by atoms with Crippen molar-refractivity contribution >= 4 is 38.6 Å². The van der Waals surface area contributed by atoms with E-state index in [1.165, 1.54) is 12.1 Å². The van der Waals surface area contributed by atoms with Gasteiger partial charge in [0.1, 0.15) is 4.99 Å². The lowest BCUT2D eigenvalue weighted by atomic mass is 10.1. The first-order valence-corrected chi connectivity index (χ1v) is 9.15. The van der Waals surface area contributed by atoms with E-state index >= 15 is 0 Å². The zero-order valence-electron chi connectivity index (χ0n) is 11.4. The molecule has 0 saturated carbocycles. The molecule has 1 aromatic heterocycles. The molecule has 2 aromatic rings. The number of sulfonamides is 1. The minimum atomic E-state index is -3.58. The molecule has 1 heterocycles. The molecular weight excluding hydrogens is 324 g/mol. The Morgan fingerprint density at radius 1 is 1.43 bits per heavy atom. The molecule has 2 rings (SSSR count). The van der Waals surface area contributed by atoms with Gasteiger partial charge >= 0.3 is 0 Å². The molecule has 1 unspecified atom stereocenters. The predicted molar refractivity (Wildman–Crippen MR) is 90.1 cm³/mol. The Labute approximate surface area is 134 Å². The van der Waals surface area contributed by atoms with Crippen LogP contribution in [0.15, 0.2) is 46.0 Å². The number of rotatable bonds is 6. The van der Waals surface area contributed by atoms with E-state index in [0.29, 0.717) is 12.0 Å². The van der Waals surface area contributed by atoms with Gasteiger partial charge in [-0.15, -0.1) is 0 Å². The molecule has 112 valence electrons. The molecular formula is C14H16N2O2S3. The van der Waals surface area contributed by atoms with Crippen LogP contribution in [0.3, 0.4) is 0 Å². The molecule has 3 N–H and O–H groups in total. The molecule has 1 aromatic carbocycles. The fraction of sp³-hybridized carbons (Fsp3) is 0.214. The highest BCUT2D eigenvalue weighted by Crippen LogP contribution is 2.14. The maximum atomic E-state index is 12.4. The summed E-state index contributed by atoms with van der Waals surface area (Å²) in [6, 6.07) is 8.13. The average Bonchev–Trinajstić information content (AvgIpc) is 2.91. The quantitative estimate of drug-likeness (QED) is 0.792. The van der Waals surface area contributed by atoms with Crippen LogP contribution in [0.1, 0.15) is 18.1 Å². The largest absolute Gasteiger partial charge is 0.389 e. The smallest absolute Gasteiger partial charge is 0.240 e. The van der Waals surface area contributed by atoms with E-state index in [2.05, 4.69) is 4.72 Å². The Balaban J connectivity index is 2.14. The van der Waals surface area contributed by atoms with E-state index in [0.717, 1.165) is 5.56 Å². The van der Waals surface area contributed by atoms with E-state index in [9.17, 15) is 8.42 Å². The van der Waals surface area contributed by atoms with Crippen molar-refractivity contribution in [2.24, 2.45) is 5.73 Å². The van der Waals surface area contributed by atoms with Crippen LogP contribution < -0.4 is 10.5 Å². The van der Waals surface area contributed by atoms with Crippen LogP contribution >= 0.6 is 23.6 Å². The fourth-order valence-electron chi connectivity index (χ4n) is 1.95. The predicted octanol–water partition coefficient (Wildman–Crippen LogP) is 2.29. The fourth-order valence-corrected chi connectivity index (χ4v) is 4.05. The van der Waals surface area contributed by atoms with Crippen molar-refractivity contribution in [2.75, 3.05) is 0 Å². The Kier molecular flexibility index (Phi) is 5.10. The molecule has 0 spiro atoms. The summed E-state index contributed by atoms with van der Waals surface area (Å²) >= 11 is 6.47. The van der Waals surface area contributed by atoms with Crippen molar-refractivity contribution in [3.05, 3.63) is 52.2 Å². The summed E-state index contributed by atoms with van der Waals surface area (Å²) in [6.07, 6.45) is 0.651. The number of hydrogen-bond donors (Lipinski definition) is 2. The van der Waals surface area contributed by atoms with Gasteiger partial charge in [0.15, 0.2) is 0 Å². The summed E-state index contributed by atoms with van der Waals surface area (Å²) in [7, 11) is -3.58. The van der Waals surface area contributed by atoms with Crippen molar-refractivity contribution in [3.63, 3.8) is 0 Å². The minimum absolute atomic E-state index is 0.171. The molecule has 0 aliphatic rings. The summed E-state index contributed by atoms with van der Waals surface area (Å²) in [6.45, 7) is 1.84. The first-order valence-electron chi connectivity index (χ1n) is 6.32. The third-order valence-corrected chi connectivity index (χ3v) is 5.46. The van der Waals surface area contributed by atoms with Crippen LogP contribution in [0, 0.1) is 0 Å². The molecule has 0 aliphatic carbocycles. The van der Waals surface area contributed by atoms with E-state index < -0.39 is 10.0 Å². The highest BCUT2D eigenvalue weighted by atomic mass is 32.2. The van der Waals surface area contributed by atoms with Crippen LogP contribution in [-0.4, -0.2) is 19.4 Å². The van der Waals surface area contributed by atoms with Crippen LogP contribution in [0.4, 0.5) is 0 Å². The summed E-state index contributed by atoms with van der Waals surface area (Å²) in [5.41, 5.74) is 7.19. The summed E-state index contributed by atoms with van der Waals surface area (Å²) in [5, 5.41) is 3.99. The normalized spacial score (nSPS) is 13.0. The number of thiocarbonyl (C=S) groups is 1. The SMILES string of the molecule is CC(Cc1ccsc1)NS(=O)(=O)c1cccc(C(N)=S)c1. The first kappa shape index (κ1) is 16.1. The number of thiophene rings is 1. The molecule has 0 bridgehead atoms. The average molecular weight is 340 g/mol. The molecule has 4 nitrogen and oxygen atoms in total. The highest BCUT2D eigenvalue weighted by Gasteiger charge is 2.18. The standard InChI is InChI=1S/C14H16N2O2S3/c1-10(7-11-5-6-20-9-11)16-21(17,18)13-4-2-3-12(8-13)14(15)19/h2-6,8-10,16H,7H2,1H3,(H2,15,19).